The SMILES string of the molecule is COc1cc(CSc2nc(CC(=O)N[C@@H](C)c3ccccc3)cs2)cc(OC)c1. The molecule has 0 saturated carbocycles. The number of benzene rings is 2. The molecule has 0 radical (unpaired) electrons. The molecule has 0 bridgehead atoms. The number of ether oxygens (including phenoxy) is 2. The number of amides is 1. The summed E-state index contributed by atoms with van der Waals surface area (Å²) < 4.78 is 11.6. The van der Waals surface area contributed by atoms with Gasteiger partial charge in [0.05, 0.1) is 32.4 Å². The standard InChI is InChI=1S/C22H24N2O3S2/c1-15(17-7-5-4-6-8-17)23-21(25)11-18-14-29-22(24-18)28-13-16-9-19(26-2)12-20(10-16)27-3/h4-10,12,14-15H,11,13H2,1-3H3,(H,23,25)/t15-/m0/s1. The predicted molar refractivity (Wildman–Crippen MR) is 118 cm³/mol. The van der Waals surface area contributed by atoms with Gasteiger partial charge in [-0.25, -0.2) is 4.98 Å². The molecular weight excluding hydrogens is 404 g/mol. The van der Waals surface area contributed by atoms with Crippen molar-refractivity contribution in [2.75, 3.05) is 14.2 Å². The van der Waals surface area contributed by atoms with Crippen molar-refractivity contribution in [2.45, 2.75) is 29.5 Å². The minimum Gasteiger partial charge on any atom is -0.497 e. The summed E-state index contributed by atoms with van der Waals surface area (Å²) in [5, 5.41) is 4.97. The summed E-state index contributed by atoms with van der Waals surface area (Å²) in [6.07, 6.45) is 0.279. The van der Waals surface area contributed by atoms with Crippen molar-refractivity contribution in [1.82, 2.24) is 10.3 Å². The quantitative estimate of drug-likeness (QED) is 0.493. The molecule has 0 spiro atoms. The second-order valence-electron chi connectivity index (χ2n) is 6.49. The van der Waals surface area contributed by atoms with Crippen LogP contribution in [0.3, 0.4) is 0 Å². The van der Waals surface area contributed by atoms with E-state index in [0.717, 1.165) is 38.4 Å². The first kappa shape index (κ1) is 21.2. The van der Waals surface area contributed by atoms with Crippen molar-refractivity contribution in [1.29, 1.82) is 0 Å². The number of methoxy groups -OCH3 is 2. The fourth-order valence-corrected chi connectivity index (χ4v) is 4.59. The normalized spacial score (nSPS) is 11.7. The van der Waals surface area contributed by atoms with Crippen LogP contribution in [0.2, 0.25) is 0 Å². The minimum absolute atomic E-state index is 0.0271. The molecule has 1 heterocycles. The van der Waals surface area contributed by atoms with Gasteiger partial charge >= 0.3 is 0 Å². The maximum Gasteiger partial charge on any atom is 0.226 e. The highest BCUT2D eigenvalue weighted by Gasteiger charge is 2.12. The molecule has 0 aliphatic rings. The van der Waals surface area contributed by atoms with Crippen molar-refractivity contribution in [3.05, 3.63) is 70.7 Å². The van der Waals surface area contributed by atoms with Gasteiger partial charge < -0.3 is 14.8 Å². The van der Waals surface area contributed by atoms with E-state index in [1.807, 2.05) is 60.8 Å². The molecule has 7 heteroatoms. The Morgan fingerprint density at radius 3 is 2.48 bits per heavy atom. The molecule has 1 atom stereocenters. The largest absolute Gasteiger partial charge is 0.497 e. The van der Waals surface area contributed by atoms with E-state index < -0.39 is 0 Å². The van der Waals surface area contributed by atoms with E-state index in [0.29, 0.717) is 0 Å². The van der Waals surface area contributed by atoms with Gasteiger partial charge in [-0.15, -0.1) is 11.3 Å². The number of hydrogen-bond acceptors (Lipinski definition) is 6. The summed E-state index contributed by atoms with van der Waals surface area (Å²) in [5.41, 5.74) is 2.97. The average Bonchev–Trinajstić information content (AvgIpc) is 3.19. The maximum atomic E-state index is 12.3. The first-order valence-electron chi connectivity index (χ1n) is 9.21. The Balaban J connectivity index is 1.53. The average molecular weight is 429 g/mol. The van der Waals surface area contributed by atoms with Crippen molar-refractivity contribution >= 4 is 29.0 Å². The van der Waals surface area contributed by atoms with Crippen LogP contribution in [0.1, 0.15) is 29.8 Å². The molecule has 0 aliphatic carbocycles. The molecule has 0 fully saturated rings. The maximum absolute atomic E-state index is 12.3. The fraction of sp³-hybridized carbons (Fsp3) is 0.273. The van der Waals surface area contributed by atoms with Crippen LogP contribution in [0.5, 0.6) is 11.5 Å². The zero-order valence-electron chi connectivity index (χ0n) is 16.7. The molecule has 5 nitrogen and oxygen atoms in total. The topological polar surface area (TPSA) is 60.5 Å². The lowest BCUT2D eigenvalue weighted by molar-refractivity contribution is -0.121. The summed E-state index contributed by atoms with van der Waals surface area (Å²) in [4.78, 5) is 16.9. The lowest BCUT2D eigenvalue weighted by atomic mass is 10.1. The van der Waals surface area contributed by atoms with Crippen molar-refractivity contribution in [3.63, 3.8) is 0 Å². The molecule has 3 rings (SSSR count). The Morgan fingerprint density at radius 1 is 1.14 bits per heavy atom. The highest BCUT2D eigenvalue weighted by atomic mass is 32.2. The molecule has 1 N–H and O–H groups in total. The van der Waals surface area contributed by atoms with Gasteiger partial charge in [0.15, 0.2) is 0 Å². The van der Waals surface area contributed by atoms with E-state index in [2.05, 4.69) is 10.3 Å². The van der Waals surface area contributed by atoms with Gasteiger partial charge in [0.1, 0.15) is 15.8 Å². The second-order valence-corrected chi connectivity index (χ2v) is 8.57. The first-order valence-corrected chi connectivity index (χ1v) is 11.1. The van der Waals surface area contributed by atoms with Crippen LogP contribution in [0.25, 0.3) is 0 Å². The highest BCUT2D eigenvalue weighted by Crippen LogP contribution is 2.30. The van der Waals surface area contributed by atoms with E-state index in [-0.39, 0.29) is 18.4 Å². The minimum atomic E-state index is -0.0285. The predicted octanol–water partition coefficient (Wildman–Crippen LogP) is 4.87. The van der Waals surface area contributed by atoms with Crippen molar-refractivity contribution in [2.24, 2.45) is 0 Å². The Morgan fingerprint density at radius 2 is 1.83 bits per heavy atom. The summed E-state index contributed by atoms with van der Waals surface area (Å²) >= 11 is 3.19. The van der Waals surface area contributed by atoms with Crippen LogP contribution >= 0.6 is 23.1 Å². The van der Waals surface area contributed by atoms with Gasteiger partial charge in [-0.2, -0.15) is 0 Å². The van der Waals surface area contributed by atoms with Crippen LogP contribution in [-0.2, 0) is 17.0 Å². The van der Waals surface area contributed by atoms with Crippen LogP contribution in [0, 0.1) is 0 Å². The van der Waals surface area contributed by atoms with Gasteiger partial charge in [-0.1, -0.05) is 42.1 Å². The van der Waals surface area contributed by atoms with Crippen LogP contribution in [0.15, 0.2) is 58.3 Å². The van der Waals surface area contributed by atoms with E-state index in [1.165, 1.54) is 0 Å². The molecule has 0 saturated heterocycles. The number of thioether (sulfide) groups is 1. The molecule has 29 heavy (non-hydrogen) atoms. The molecule has 3 aromatic rings. The third kappa shape index (κ3) is 6.24. The van der Waals surface area contributed by atoms with Gasteiger partial charge in [0.25, 0.3) is 0 Å². The Bertz CT molecular complexity index is 922. The highest BCUT2D eigenvalue weighted by molar-refractivity contribution is 8.00. The first-order chi connectivity index (χ1) is 14.1. The van der Waals surface area contributed by atoms with Gasteiger partial charge in [0.2, 0.25) is 5.91 Å². The van der Waals surface area contributed by atoms with Crippen LogP contribution in [0.4, 0.5) is 0 Å². The Labute approximate surface area is 179 Å². The molecule has 0 unspecified atom stereocenters. The van der Waals surface area contributed by atoms with Crippen molar-refractivity contribution in [3.8, 4) is 11.5 Å². The molecule has 0 aliphatic heterocycles. The number of nitrogens with zero attached hydrogens (tertiary/aromatic N) is 1. The summed E-state index contributed by atoms with van der Waals surface area (Å²) in [6.45, 7) is 1.98. The smallest absolute Gasteiger partial charge is 0.226 e. The zero-order valence-corrected chi connectivity index (χ0v) is 18.3. The number of nitrogens with one attached hydrogen (secondary N) is 1. The van der Waals surface area contributed by atoms with Gasteiger partial charge in [0, 0.05) is 17.2 Å². The molecular formula is C22H24N2O3S2. The number of aromatic nitrogens is 1. The summed E-state index contributed by atoms with van der Waals surface area (Å²) in [5.74, 6) is 2.26. The molecule has 2 aromatic carbocycles. The van der Waals surface area contributed by atoms with Gasteiger partial charge in [-0.3, -0.25) is 4.79 Å². The van der Waals surface area contributed by atoms with Gasteiger partial charge in [-0.05, 0) is 30.2 Å². The number of carbonyl (C=O) groups is 1. The summed E-state index contributed by atoms with van der Waals surface area (Å²) in [6, 6.07) is 15.7. The van der Waals surface area contributed by atoms with E-state index in [9.17, 15) is 4.79 Å². The monoisotopic (exact) mass is 428 g/mol. The van der Waals surface area contributed by atoms with E-state index in [4.69, 9.17) is 9.47 Å². The molecule has 152 valence electrons. The number of hydrogen-bond donors (Lipinski definition) is 1. The zero-order chi connectivity index (χ0) is 20.6. The second kappa shape index (κ2) is 10.3. The lowest BCUT2D eigenvalue weighted by Crippen LogP contribution is -2.28. The Kier molecular flexibility index (Phi) is 7.55. The number of thiazole rings is 1. The van der Waals surface area contributed by atoms with Crippen molar-refractivity contribution < 1.29 is 14.3 Å². The lowest BCUT2D eigenvalue weighted by Gasteiger charge is -2.13. The van der Waals surface area contributed by atoms with E-state index in [1.54, 1.807) is 37.3 Å². The molecule has 1 aromatic heterocycles. The third-order valence-electron chi connectivity index (χ3n) is 4.32. The fourth-order valence-electron chi connectivity index (χ4n) is 2.81. The Hall–Kier alpha value is -2.51. The summed E-state index contributed by atoms with van der Waals surface area (Å²) in [7, 11) is 3.28. The third-order valence-corrected chi connectivity index (χ3v) is 6.46. The number of rotatable bonds is 9. The van der Waals surface area contributed by atoms with Crippen LogP contribution < -0.4 is 14.8 Å². The number of carbonyl (C=O) groups excluding carboxylic acids is 1. The van der Waals surface area contributed by atoms with Crippen LogP contribution in [-0.4, -0.2) is 25.1 Å². The molecule has 1 amide bonds. The van der Waals surface area contributed by atoms with E-state index >= 15 is 0 Å².